The third-order valence-corrected chi connectivity index (χ3v) is 3.71. The number of nitrogens with one attached hydrogen (secondary N) is 1. The Morgan fingerprint density at radius 1 is 1.29 bits per heavy atom. The van der Waals surface area contributed by atoms with Gasteiger partial charge in [0.2, 0.25) is 6.41 Å². The first-order chi connectivity index (χ1) is 11.3. The van der Waals surface area contributed by atoms with Crippen LogP contribution in [0.5, 0.6) is 0 Å². The normalized spacial score (nSPS) is 13.9. The third-order valence-electron chi connectivity index (χ3n) is 3.71. The van der Waals surface area contributed by atoms with E-state index in [1.807, 2.05) is 6.92 Å². The molecule has 0 aliphatic heterocycles. The van der Waals surface area contributed by atoms with Crippen LogP contribution in [0.3, 0.4) is 0 Å². The van der Waals surface area contributed by atoms with Crippen LogP contribution in [-0.4, -0.2) is 25.0 Å². The zero-order valence-electron chi connectivity index (χ0n) is 13.7. The van der Waals surface area contributed by atoms with Crippen molar-refractivity contribution in [2.24, 2.45) is 5.92 Å². The first-order valence-corrected chi connectivity index (χ1v) is 7.78. The van der Waals surface area contributed by atoms with E-state index in [0.29, 0.717) is 19.3 Å². The Kier molecular flexibility index (Phi) is 7.74. The predicted octanol–water partition coefficient (Wildman–Crippen LogP) is 3.34. The molecule has 24 heavy (non-hydrogen) atoms. The van der Waals surface area contributed by atoms with Crippen LogP contribution in [0.1, 0.15) is 37.8 Å². The molecule has 0 radical (unpaired) electrons. The summed E-state index contributed by atoms with van der Waals surface area (Å²) in [6.45, 7) is 3.56. The van der Waals surface area contributed by atoms with Gasteiger partial charge in [-0.1, -0.05) is 25.5 Å². The fraction of sp³-hybridized carbons (Fsp3) is 0.529. The third kappa shape index (κ3) is 7.02. The van der Waals surface area contributed by atoms with Crippen LogP contribution in [-0.2, 0) is 26.9 Å². The Hall–Kier alpha value is -2.05. The molecule has 1 rings (SSSR count). The van der Waals surface area contributed by atoms with E-state index in [4.69, 9.17) is 4.74 Å². The summed E-state index contributed by atoms with van der Waals surface area (Å²) in [5.74, 6) is -0.331. The van der Waals surface area contributed by atoms with E-state index < -0.39 is 17.7 Å². The second-order valence-electron chi connectivity index (χ2n) is 5.71. The van der Waals surface area contributed by atoms with Crippen LogP contribution in [0.2, 0.25) is 0 Å². The molecule has 1 amide bonds. The van der Waals surface area contributed by atoms with Crippen LogP contribution >= 0.6 is 0 Å². The van der Waals surface area contributed by atoms with E-state index in [2.05, 4.69) is 5.32 Å². The highest BCUT2D eigenvalue weighted by Crippen LogP contribution is 2.29. The largest absolute Gasteiger partial charge is 0.461 e. The molecule has 0 fully saturated rings. The number of carbonyl (C=O) groups is 2. The summed E-state index contributed by atoms with van der Waals surface area (Å²) >= 11 is 0. The maximum Gasteiger partial charge on any atom is 0.416 e. The van der Waals surface area contributed by atoms with Crippen LogP contribution < -0.4 is 5.32 Å². The SMILES string of the molecule is CCC(Cc1ccc(C(F)(F)F)cc1)CC(C)OC(=O)CNC=O. The van der Waals surface area contributed by atoms with E-state index in [1.54, 1.807) is 6.92 Å². The van der Waals surface area contributed by atoms with Crippen molar-refractivity contribution in [3.05, 3.63) is 35.4 Å². The highest BCUT2D eigenvalue weighted by atomic mass is 19.4. The Balaban J connectivity index is 2.54. The average Bonchev–Trinajstić information content (AvgIpc) is 2.51. The number of hydrogen-bond acceptors (Lipinski definition) is 3. The number of ether oxygens (including phenoxy) is 1. The first kappa shape index (κ1) is 20.0. The Morgan fingerprint density at radius 2 is 1.92 bits per heavy atom. The van der Waals surface area contributed by atoms with Gasteiger partial charge < -0.3 is 10.1 Å². The molecule has 0 heterocycles. The summed E-state index contributed by atoms with van der Waals surface area (Å²) < 4.78 is 42.8. The Labute approximate surface area is 139 Å². The van der Waals surface area contributed by atoms with Gasteiger partial charge in [-0.05, 0) is 43.4 Å². The lowest BCUT2D eigenvalue weighted by atomic mass is 9.91. The number of halogens is 3. The van der Waals surface area contributed by atoms with Gasteiger partial charge >= 0.3 is 12.1 Å². The van der Waals surface area contributed by atoms with Gasteiger partial charge in [0.05, 0.1) is 11.7 Å². The number of amides is 1. The lowest BCUT2D eigenvalue weighted by Crippen LogP contribution is -2.27. The molecule has 0 aliphatic carbocycles. The molecule has 7 heteroatoms. The number of esters is 1. The van der Waals surface area contributed by atoms with Gasteiger partial charge in [-0.3, -0.25) is 9.59 Å². The molecular formula is C17H22F3NO3. The van der Waals surface area contributed by atoms with E-state index in [1.165, 1.54) is 12.1 Å². The average molecular weight is 345 g/mol. The molecule has 2 unspecified atom stereocenters. The van der Waals surface area contributed by atoms with Crippen LogP contribution in [0.25, 0.3) is 0 Å². The molecule has 0 saturated carbocycles. The molecule has 1 aromatic carbocycles. The molecule has 0 saturated heterocycles. The molecule has 4 nitrogen and oxygen atoms in total. The van der Waals surface area contributed by atoms with Gasteiger partial charge in [0.25, 0.3) is 0 Å². The molecule has 0 aromatic heterocycles. The summed E-state index contributed by atoms with van der Waals surface area (Å²) in [4.78, 5) is 21.5. The van der Waals surface area contributed by atoms with Crippen molar-refractivity contribution in [3.8, 4) is 0 Å². The molecule has 0 spiro atoms. The highest BCUT2D eigenvalue weighted by molar-refractivity contribution is 5.74. The highest BCUT2D eigenvalue weighted by Gasteiger charge is 2.30. The van der Waals surface area contributed by atoms with E-state index in [-0.39, 0.29) is 18.6 Å². The minimum Gasteiger partial charge on any atom is -0.461 e. The number of rotatable bonds is 9. The molecule has 134 valence electrons. The standard InChI is InChI=1S/C17H22F3NO3/c1-3-13(8-12(2)24-16(23)10-21-11-22)9-14-4-6-15(7-5-14)17(18,19)20/h4-7,11-13H,3,8-10H2,1-2H3,(H,21,22). The summed E-state index contributed by atoms with van der Waals surface area (Å²) in [7, 11) is 0. The predicted molar refractivity (Wildman–Crippen MR) is 83.2 cm³/mol. The smallest absolute Gasteiger partial charge is 0.416 e. The second kappa shape index (κ2) is 9.30. The van der Waals surface area contributed by atoms with Gasteiger partial charge in [-0.25, -0.2) is 0 Å². The van der Waals surface area contributed by atoms with Crippen LogP contribution in [0.15, 0.2) is 24.3 Å². The van der Waals surface area contributed by atoms with Crippen molar-refractivity contribution in [2.75, 3.05) is 6.54 Å². The van der Waals surface area contributed by atoms with E-state index >= 15 is 0 Å². The van der Waals surface area contributed by atoms with E-state index in [0.717, 1.165) is 24.1 Å². The lowest BCUT2D eigenvalue weighted by Gasteiger charge is -2.20. The van der Waals surface area contributed by atoms with Crippen molar-refractivity contribution in [1.29, 1.82) is 0 Å². The van der Waals surface area contributed by atoms with Gasteiger partial charge in [-0.2, -0.15) is 13.2 Å². The van der Waals surface area contributed by atoms with E-state index in [9.17, 15) is 22.8 Å². The van der Waals surface area contributed by atoms with Crippen LogP contribution in [0.4, 0.5) is 13.2 Å². The van der Waals surface area contributed by atoms with Gasteiger partial charge in [0.15, 0.2) is 0 Å². The maximum absolute atomic E-state index is 12.6. The minimum atomic E-state index is -4.33. The number of hydrogen-bond donors (Lipinski definition) is 1. The minimum absolute atomic E-state index is 0.177. The molecule has 1 N–H and O–H groups in total. The fourth-order valence-corrected chi connectivity index (χ4v) is 2.47. The number of benzene rings is 1. The topological polar surface area (TPSA) is 55.4 Å². The van der Waals surface area contributed by atoms with Gasteiger partial charge in [0.1, 0.15) is 6.54 Å². The Bertz CT molecular complexity index is 529. The first-order valence-electron chi connectivity index (χ1n) is 7.78. The zero-order valence-corrected chi connectivity index (χ0v) is 13.7. The number of carbonyl (C=O) groups excluding carboxylic acids is 2. The molecule has 2 atom stereocenters. The number of alkyl halides is 3. The van der Waals surface area contributed by atoms with Gasteiger partial charge in [-0.15, -0.1) is 0 Å². The summed E-state index contributed by atoms with van der Waals surface area (Å²) in [5.41, 5.74) is 0.153. The Morgan fingerprint density at radius 3 is 2.42 bits per heavy atom. The van der Waals surface area contributed by atoms with Crippen molar-refractivity contribution in [2.45, 2.75) is 45.4 Å². The molecule has 1 aromatic rings. The van der Waals surface area contributed by atoms with Crippen molar-refractivity contribution in [1.82, 2.24) is 5.32 Å². The quantitative estimate of drug-likeness (QED) is 0.552. The van der Waals surface area contributed by atoms with Crippen molar-refractivity contribution >= 4 is 12.4 Å². The molecule has 0 bridgehead atoms. The monoisotopic (exact) mass is 345 g/mol. The lowest BCUT2D eigenvalue weighted by molar-refractivity contribution is -0.148. The fourth-order valence-electron chi connectivity index (χ4n) is 2.47. The van der Waals surface area contributed by atoms with Crippen molar-refractivity contribution in [3.63, 3.8) is 0 Å². The summed E-state index contributed by atoms with van der Waals surface area (Å²) in [6.07, 6.45) is -2.21. The molecule has 0 aliphatic rings. The zero-order chi connectivity index (χ0) is 18.2. The molecular weight excluding hydrogens is 323 g/mol. The van der Waals surface area contributed by atoms with Crippen LogP contribution in [0, 0.1) is 5.92 Å². The second-order valence-corrected chi connectivity index (χ2v) is 5.71. The summed E-state index contributed by atoms with van der Waals surface area (Å²) in [6, 6.07) is 5.12. The van der Waals surface area contributed by atoms with Gasteiger partial charge in [0, 0.05) is 0 Å². The van der Waals surface area contributed by atoms with Crippen molar-refractivity contribution < 1.29 is 27.5 Å². The maximum atomic E-state index is 12.6. The summed E-state index contributed by atoms with van der Waals surface area (Å²) in [5, 5.41) is 2.23.